The van der Waals surface area contributed by atoms with Gasteiger partial charge < -0.3 is 4.74 Å². The number of ether oxygens (including phenoxy) is 1. The number of aromatic nitrogens is 1. The average molecular weight is 247 g/mol. The average Bonchev–Trinajstić information content (AvgIpc) is 2.58. The lowest BCUT2D eigenvalue weighted by atomic mass is 10.1. The zero-order valence-corrected chi connectivity index (χ0v) is 11.5. The summed E-state index contributed by atoms with van der Waals surface area (Å²) in [6.07, 6.45) is 0. The van der Waals surface area contributed by atoms with Gasteiger partial charge in [0, 0.05) is 4.88 Å². The molecule has 0 bridgehead atoms. The summed E-state index contributed by atoms with van der Waals surface area (Å²) >= 11 is 1.71. The molecule has 0 aliphatic heterocycles. The molecule has 0 fully saturated rings. The van der Waals surface area contributed by atoms with Crippen molar-refractivity contribution in [1.29, 1.82) is 0 Å². The van der Waals surface area contributed by atoms with Crippen LogP contribution in [-0.4, -0.2) is 4.98 Å². The maximum absolute atomic E-state index is 5.87. The number of thiazole rings is 1. The molecule has 0 N–H and O–H groups in total. The lowest BCUT2D eigenvalue weighted by molar-refractivity contribution is 0.301. The molecule has 2 aromatic rings. The van der Waals surface area contributed by atoms with Crippen LogP contribution in [0.5, 0.6) is 5.75 Å². The lowest BCUT2D eigenvalue weighted by Crippen LogP contribution is -1.98. The fraction of sp³-hybridized carbons (Fsp3) is 0.357. The molecule has 2 rings (SSSR count). The Bertz CT molecular complexity index is 491. The Balaban J connectivity index is 2.12. The first-order valence-electron chi connectivity index (χ1n) is 5.70. The van der Waals surface area contributed by atoms with Crippen LogP contribution in [0.15, 0.2) is 18.2 Å². The topological polar surface area (TPSA) is 22.1 Å². The molecule has 0 atom stereocenters. The molecule has 0 radical (unpaired) electrons. The molecule has 0 saturated carbocycles. The third-order valence-electron chi connectivity index (χ3n) is 2.82. The minimum Gasteiger partial charge on any atom is -0.486 e. The summed E-state index contributed by atoms with van der Waals surface area (Å²) in [7, 11) is 0. The first-order chi connectivity index (χ1) is 8.08. The van der Waals surface area contributed by atoms with E-state index in [2.05, 4.69) is 44.0 Å². The van der Waals surface area contributed by atoms with E-state index in [-0.39, 0.29) is 0 Å². The van der Waals surface area contributed by atoms with Crippen molar-refractivity contribution in [3.8, 4) is 5.75 Å². The quantitative estimate of drug-likeness (QED) is 0.819. The minimum absolute atomic E-state index is 0.561. The van der Waals surface area contributed by atoms with Crippen LogP contribution in [0.2, 0.25) is 0 Å². The SMILES string of the molecule is Cc1cccc(C)c1OCc1nc(C)c(C)s1. The van der Waals surface area contributed by atoms with E-state index in [1.165, 1.54) is 16.0 Å². The monoisotopic (exact) mass is 247 g/mol. The summed E-state index contributed by atoms with van der Waals surface area (Å²) in [5.74, 6) is 0.984. The number of hydrogen-bond acceptors (Lipinski definition) is 3. The van der Waals surface area contributed by atoms with Crippen molar-refractivity contribution in [1.82, 2.24) is 4.98 Å². The molecule has 0 aliphatic carbocycles. The van der Waals surface area contributed by atoms with E-state index in [0.29, 0.717) is 6.61 Å². The Hall–Kier alpha value is -1.35. The maximum atomic E-state index is 5.87. The first kappa shape index (κ1) is 12.1. The number of hydrogen-bond donors (Lipinski definition) is 0. The van der Waals surface area contributed by atoms with Crippen LogP contribution < -0.4 is 4.74 Å². The first-order valence-corrected chi connectivity index (χ1v) is 6.51. The van der Waals surface area contributed by atoms with Crippen LogP contribution in [0.1, 0.15) is 26.7 Å². The number of aryl methyl sites for hydroxylation is 4. The van der Waals surface area contributed by atoms with Gasteiger partial charge in [0.15, 0.2) is 0 Å². The van der Waals surface area contributed by atoms with Crippen LogP contribution in [0.25, 0.3) is 0 Å². The highest BCUT2D eigenvalue weighted by Gasteiger charge is 2.07. The van der Waals surface area contributed by atoms with Crippen molar-refractivity contribution in [2.45, 2.75) is 34.3 Å². The van der Waals surface area contributed by atoms with Crippen molar-refractivity contribution < 1.29 is 4.74 Å². The van der Waals surface area contributed by atoms with E-state index in [9.17, 15) is 0 Å². The molecule has 90 valence electrons. The van der Waals surface area contributed by atoms with Gasteiger partial charge in [-0.2, -0.15) is 0 Å². The number of rotatable bonds is 3. The van der Waals surface area contributed by atoms with E-state index >= 15 is 0 Å². The predicted octanol–water partition coefficient (Wildman–Crippen LogP) is 3.96. The summed E-state index contributed by atoms with van der Waals surface area (Å²) in [5, 5.41) is 1.04. The molecule has 3 heteroatoms. The normalized spacial score (nSPS) is 10.6. The number of benzene rings is 1. The van der Waals surface area contributed by atoms with E-state index in [0.717, 1.165) is 16.5 Å². The van der Waals surface area contributed by atoms with E-state index in [1.807, 2.05) is 6.92 Å². The molecule has 0 spiro atoms. The highest BCUT2D eigenvalue weighted by Crippen LogP contribution is 2.24. The lowest BCUT2D eigenvalue weighted by Gasteiger charge is -2.10. The highest BCUT2D eigenvalue weighted by molar-refractivity contribution is 7.11. The van der Waals surface area contributed by atoms with Crippen LogP contribution in [0, 0.1) is 27.7 Å². The molecular formula is C14H17NOS. The van der Waals surface area contributed by atoms with Gasteiger partial charge in [0.05, 0.1) is 5.69 Å². The second-order valence-corrected chi connectivity index (χ2v) is 5.55. The van der Waals surface area contributed by atoms with E-state index in [1.54, 1.807) is 11.3 Å². The van der Waals surface area contributed by atoms with Gasteiger partial charge in [0.1, 0.15) is 17.4 Å². The number of para-hydroxylation sites is 1. The van der Waals surface area contributed by atoms with Crippen molar-refractivity contribution in [2.24, 2.45) is 0 Å². The Morgan fingerprint density at radius 1 is 1.12 bits per heavy atom. The Kier molecular flexibility index (Phi) is 3.48. The highest BCUT2D eigenvalue weighted by atomic mass is 32.1. The van der Waals surface area contributed by atoms with Gasteiger partial charge in [-0.15, -0.1) is 11.3 Å². The smallest absolute Gasteiger partial charge is 0.140 e. The molecule has 0 amide bonds. The summed E-state index contributed by atoms with van der Waals surface area (Å²) in [6, 6.07) is 6.19. The van der Waals surface area contributed by atoms with Crippen molar-refractivity contribution >= 4 is 11.3 Å². The summed E-state index contributed by atoms with van der Waals surface area (Å²) < 4.78 is 5.87. The van der Waals surface area contributed by atoms with E-state index < -0.39 is 0 Å². The van der Waals surface area contributed by atoms with Gasteiger partial charge in [0.2, 0.25) is 0 Å². The fourth-order valence-electron chi connectivity index (χ4n) is 1.76. The van der Waals surface area contributed by atoms with Gasteiger partial charge in [-0.05, 0) is 38.8 Å². The van der Waals surface area contributed by atoms with Crippen LogP contribution >= 0.6 is 11.3 Å². The third-order valence-corrected chi connectivity index (χ3v) is 3.87. The zero-order chi connectivity index (χ0) is 12.4. The Morgan fingerprint density at radius 3 is 2.29 bits per heavy atom. The van der Waals surface area contributed by atoms with Crippen LogP contribution in [-0.2, 0) is 6.61 Å². The molecular weight excluding hydrogens is 230 g/mol. The van der Waals surface area contributed by atoms with Crippen LogP contribution in [0.3, 0.4) is 0 Å². The summed E-state index contributed by atoms with van der Waals surface area (Å²) in [5.41, 5.74) is 3.46. The van der Waals surface area contributed by atoms with Crippen molar-refractivity contribution in [2.75, 3.05) is 0 Å². The van der Waals surface area contributed by atoms with Gasteiger partial charge in [0.25, 0.3) is 0 Å². The van der Waals surface area contributed by atoms with Crippen LogP contribution in [0.4, 0.5) is 0 Å². The molecule has 0 unspecified atom stereocenters. The molecule has 17 heavy (non-hydrogen) atoms. The zero-order valence-electron chi connectivity index (χ0n) is 10.7. The largest absolute Gasteiger partial charge is 0.486 e. The molecule has 1 aromatic carbocycles. The molecule has 0 saturated heterocycles. The standard InChI is InChI=1S/C14H17NOS/c1-9-6-5-7-10(2)14(9)16-8-13-15-11(3)12(4)17-13/h5-7H,8H2,1-4H3. The minimum atomic E-state index is 0.561. The Morgan fingerprint density at radius 2 is 1.76 bits per heavy atom. The Labute approximate surface area is 106 Å². The van der Waals surface area contributed by atoms with Gasteiger partial charge >= 0.3 is 0 Å². The molecule has 0 aliphatic rings. The molecule has 1 heterocycles. The van der Waals surface area contributed by atoms with Crippen molar-refractivity contribution in [3.05, 3.63) is 44.9 Å². The van der Waals surface area contributed by atoms with Gasteiger partial charge in [-0.1, -0.05) is 18.2 Å². The maximum Gasteiger partial charge on any atom is 0.140 e. The fourth-order valence-corrected chi connectivity index (χ4v) is 2.61. The van der Waals surface area contributed by atoms with E-state index in [4.69, 9.17) is 4.74 Å². The molecule has 1 aromatic heterocycles. The van der Waals surface area contributed by atoms with Crippen molar-refractivity contribution in [3.63, 3.8) is 0 Å². The third kappa shape index (κ3) is 2.67. The second-order valence-electron chi connectivity index (χ2n) is 4.26. The van der Waals surface area contributed by atoms with Gasteiger partial charge in [-0.25, -0.2) is 4.98 Å². The summed E-state index contributed by atoms with van der Waals surface area (Å²) in [6.45, 7) is 8.83. The predicted molar refractivity (Wildman–Crippen MR) is 71.8 cm³/mol. The second kappa shape index (κ2) is 4.88. The number of nitrogens with zero attached hydrogens (tertiary/aromatic N) is 1. The summed E-state index contributed by atoms with van der Waals surface area (Å²) in [4.78, 5) is 5.75. The van der Waals surface area contributed by atoms with Gasteiger partial charge in [-0.3, -0.25) is 0 Å². The molecule has 2 nitrogen and oxygen atoms in total.